The number of carbonyl (C=O) groups is 1. The minimum absolute atomic E-state index is 0.0175. The van der Waals surface area contributed by atoms with Crippen LogP contribution in [0.15, 0.2) is 35.4 Å². The summed E-state index contributed by atoms with van der Waals surface area (Å²) in [5.74, 6) is -0.0175. The van der Waals surface area contributed by atoms with Crippen molar-refractivity contribution in [2.75, 3.05) is 6.54 Å². The van der Waals surface area contributed by atoms with Crippen LogP contribution in [0.25, 0.3) is 0 Å². The molecule has 1 aromatic heterocycles. The van der Waals surface area contributed by atoms with Crippen molar-refractivity contribution in [3.63, 3.8) is 0 Å². The predicted molar refractivity (Wildman–Crippen MR) is 104 cm³/mol. The molecule has 130 valence electrons. The lowest BCUT2D eigenvalue weighted by molar-refractivity contribution is -0.117. The van der Waals surface area contributed by atoms with Crippen LogP contribution >= 0.6 is 12.2 Å². The molecule has 0 bridgehead atoms. The third-order valence-corrected chi connectivity index (χ3v) is 4.89. The first-order valence-electron chi connectivity index (χ1n) is 8.87. The van der Waals surface area contributed by atoms with Crippen molar-refractivity contribution in [2.24, 2.45) is 0 Å². The summed E-state index contributed by atoms with van der Waals surface area (Å²) >= 11 is 5.37. The monoisotopic (exact) mass is 344 g/mol. The molecule has 3 nitrogen and oxygen atoms in total. The maximum Gasteiger partial charge on any atom is 0.252 e. The summed E-state index contributed by atoms with van der Waals surface area (Å²) in [5, 5.41) is 2.97. The first-order valence-corrected chi connectivity index (χ1v) is 9.28. The molecule has 24 heavy (non-hydrogen) atoms. The average molecular weight is 345 g/mol. The van der Waals surface area contributed by atoms with E-state index in [1.54, 1.807) is 0 Å². The van der Waals surface area contributed by atoms with Crippen molar-refractivity contribution in [3.05, 3.63) is 46.8 Å². The third kappa shape index (κ3) is 4.91. The minimum Gasteiger partial charge on any atom is -0.352 e. The van der Waals surface area contributed by atoms with Gasteiger partial charge in [0, 0.05) is 35.8 Å². The van der Waals surface area contributed by atoms with Crippen LogP contribution in [-0.2, 0) is 11.3 Å². The van der Waals surface area contributed by atoms with Gasteiger partial charge in [-0.2, -0.15) is 0 Å². The molecular formula is C20H28N2OS. The average Bonchev–Trinajstić information content (AvgIpc) is 2.88. The maximum atomic E-state index is 12.3. The summed E-state index contributed by atoms with van der Waals surface area (Å²) in [6, 6.07) is 4.32. The number of nitrogens with one attached hydrogen (secondary N) is 1. The van der Waals surface area contributed by atoms with Crippen LogP contribution in [0.3, 0.4) is 0 Å². The van der Waals surface area contributed by atoms with Crippen molar-refractivity contribution >= 4 is 23.0 Å². The number of allylic oxidation sites excluding steroid dienone is 3. The molecule has 0 aliphatic heterocycles. The first kappa shape index (κ1) is 18.7. The van der Waals surface area contributed by atoms with E-state index in [0.29, 0.717) is 12.0 Å². The van der Waals surface area contributed by atoms with Crippen LogP contribution in [0.2, 0.25) is 0 Å². The quantitative estimate of drug-likeness (QED) is 0.559. The van der Waals surface area contributed by atoms with Gasteiger partial charge >= 0.3 is 0 Å². The standard InChI is InChI=1S/C20H28N2OS/c1-4-5-12-21-20(23)18-14-17(10-11-19(18)24)7-6-13-22-15(2)8-9-16(22)3/h8-10,14H,4-7,11-13H2,1-3H3,(H,21,23). The van der Waals surface area contributed by atoms with Gasteiger partial charge in [-0.15, -0.1) is 0 Å². The molecule has 0 spiro atoms. The van der Waals surface area contributed by atoms with Crippen LogP contribution in [-0.4, -0.2) is 21.9 Å². The fraction of sp³-hybridized carbons (Fsp3) is 0.500. The van der Waals surface area contributed by atoms with E-state index in [1.165, 1.54) is 17.0 Å². The topological polar surface area (TPSA) is 34.0 Å². The SMILES string of the molecule is CCCCNC(=O)C1=CC(CCCn2c(C)ccc2C)=CCC1=S. The number of aryl methyl sites for hydroxylation is 2. The second kappa shape index (κ2) is 8.97. The summed E-state index contributed by atoms with van der Waals surface area (Å²) in [5.41, 5.74) is 4.52. The van der Waals surface area contributed by atoms with Gasteiger partial charge in [-0.05, 0) is 51.3 Å². The summed E-state index contributed by atoms with van der Waals surface area (Å²) in [6.07, 6.45) is 8.99. The normalized spacial score (nSPS) is 14.4. The Morgan fingerprint density at radius 1 is 1.25 bits per heavy atom. The number of carbonyl (C=O) groups excluding carboxylic acids is 1. The van der Waals surface area contributed by atoms with E-state index in [-0.39, 0.29) is 5.91 Å². The van der Waals surface area contributed by atoms with Crippen molar-refractivity contribution in [3.8, 4) is 0 Å². The van der Waals surface area contributed by atoms with E-state index in [4.69, 9.17) is 12.2 Å². The molecular weight excluding hydrogens is 316 g/mol. The van der Waals surface area contributed by atoms with Gasteiger partial charge in [0.15, 0.2) is 0 Å². The smallest absolute Gasteiger partial charge is 0.252 e. The van der Waals surface area contributed by atoms with E-state index in [2.05, 4.69) is 48.9 Å². The zero-order valence-electron chi connectivity index (χ0n) is 15.0. The highest BCUT2D eigenvalue weighted by Gasteiger charge is 2.17. The molecule has 4 heteroatoms. The highest BCUT2D eigenvalue weighted by molar-refractivity contribution is 7.81. The molecule has 0 radical (unpaired) electrons. The predicted octanol–water partition coefficient (Wildman–Crippen LogP) is 4.43. The van der Waals surface area contributed by atoms with Crippen LogP contribution in [0.4, 0.5) is 0 Å². The number of hydrogen-bond acceptors (Lipinski definition) is 2. The van der Waals surface area contributed by atoms with Gasteiger partial charge in [0.25, 0.3) is 5.91 Å². The number of aromatic nitrogens is 1. The second-order valence-corrected chi connectivity index (χ2v) is 6.94. The fourth-order valence-electron chi connectivity index (χ4n) is 2.99. The molecule has 1 aromatic rings. The number of unbranched alkanes of at least 4 members (excludes halogenated alkanes) is 1. The fourth-order valence-corrected chi connectivity index (χ4v) is 3.23. The zero-order valence-corrected chi connectivity index (χ0v) is 15.8. The lowest BCUT2D eigenvalue weighted by atomic mass is 9.95. The summed E-state index contributed by atoms with van der Waals surface area (Å²) < 4.78 is 2.34. The first-order chi connectivity index (χ1) is 11.5. The summed E-state index contributed by atoms with van der Waals surface area (Å²) in [7, 11) is 0. The Balaban J connectivity index is 1.91. The van der Waals surface area contributed by atoms with Crippen LogP contribution < -0.4 is 5.32 Å². The van der Waals surface area contributed by atoms with Crippen LogP contribution in [0.1, 0.15) is 50.4 Å². The van der Waals surface area contributed by atoms with E-state index in [0.717, 1.165) is 43.6 Å². The summed E-state index contributed by atoms with van der Waals surface area (Å²) in [6.45, 7) is 8.14. The highest BCUT2D eigenvalue weighted by atomic mass is 32.1. The second-order valence-electron chi connectivity index (χ2n) is 6.45. The molecule has 1 amide bonds. The number of hydrogen-bond donors (Lipinski definition) is 1. The lowest BCUT2D eigenvalue weighted by Crippen LogP contribution is -2.29. The molecule has 0 saturated carbocycles. The maximum absolute atomic E-state index is 12.3. The van der Waals surface area contributed by atoms with Crippen LogP contribution in [0, 0.1) is 13.8 Å². The molecule has 2 rings (SSSR count). The van der Waals surface area contributed by atoms with E-state index < -0.39 is 0 Å². The molecule has 0 saturated heterocycles. The Kier molecular flexibility index (Phi) is 6.98. The van der Waals surface area contributed by atoms with Gasteiger partial charge in [0.05, 0.1) is 5.57 Å². The largest absolute Gasteiger partial charge is 0.352 e. The highest BCUT2D eigenvalue weighted by Crippen LogP contribution is 2.20. The minimum atomic E-state index is -0.0175. The van der Waals surface area contributed by atoms with Gasteiger partial charge in [-0.25, -0.2) is 0 Å². The molecule has 0 fully saturated rings. The van der Waals surface area contributed by atoms with Crippen molar-refractivity contribution in [1.29, 1.82) is 0 Å². The van der Waals surface area contributed by atoms with Gasteiger partial charge in [0.1, 0.15) is 0 Å². The number of thiocarbonyl (C=S) groups is 1. The van der Waals surface area contributed by atoms with Gasteiger partial charge in [-0.1, -0.05) is 37.2 Å². The summed E-state index contributed by atoms with van der Waals surface area (Å²) in [4.78, 5) is 13.0. The Morgan fingerprint density at radius 3 is 2.62 bits per heavy atom. The Labute approximate surface area is 150 Å². The zero-order chi connectivity index (χ0) is 17.5. The number of nitrogens with zero attached hydrogens (tertiary/aromatic N) is 1. The van der Waals surface area contributed by atoms with Gasteiger partial charge in [-0.3, -0.25) is 4.79 Å². The van der Waals surface area contributed by atoms with Crippen molar-refractivity contribution in [1.82, 2.24) is 9.88 Å². The number of amides is 1. The molecule has 0 atom stereocenters. The molecule has 1 heterocycles. The van der Waals surface area contributed by atoms with Crippen molar-refractivity contribution in [2.45, 2.75) is 59.4 Å². The van der Waals surface area contributed by atoms with Gasteiger partial charge < -0.3 is 9.88 Å². The van der Waals surface area contributed by atoms with E-state index in [1.807, 2.05) is 6.08 Å². The van der Waals surface area contributed by atoms with E-state index >= 15 is 0 Å². The molecule has 0 unspecified atom stereocenters. The Morgan fingerprint density at radius 2 is 1.96 bits per heavy atom. The molecule has 0 aromatic carbocycles. The Hall–Kier alpha value is -1.68. The lowest BCUT2D eigenvalue weighted by Gasteiger charge is -2.16. The Bertz CT molecular complexity index is 648. The molecule has 1 N–H and O–H groups in total. The van der Waals surface area contributed by atoms with E-state index in [9.17, 15) is 4.79 Å². The van der Waals surface area contributed by atoms with Gasteiger partial charge in [0.2, 0.25) is 0 Å². The van der Waals surface area contributed by atoms with Crippen molar-refractivity contribution < 1.29 is 4.79 Å². The van der Waals surface area contributed by atoms with Crippen LogP contribution in [0.5, 0.6) is 0 Å². The third-order valence-electron chi connectivity index (χ3n) is 4.50. The molecule has 1 aliphatic carbocycles. The number of rotatable bonds is 8. The molecule has 1 aliphatic rings.